The third-order valence-corrected chi connectivity index (χ3v) is 2.74. The summed E-state index contributed by atoms with van der Waals surface area (Å²) in [6.07, 6.45) is 4.23. The first-order valence-electron chi connectivity index (χ1n) is 5.83. The average molecular weight is 278 g/mol. The number of anilines is 1. The summed E-state index contributed by atoms with van der Waals surface area (Å²) < 4.78 is 5.42. The summed E-state index contributed by atoms with van der Waals surface area (Å²) >= 11 is 1.26. The lowest BCUT2D eigenvalue weighted by Crippen LogP contribution is -2.05. The number of hydrogen-bond donors (Lipinski definition) is 1. The zero-order valence-electron chi connectivity index (χ0n) is 10.7. The highest BCUT2D eigenvalue weighted by Crippen LogP contribution is 2.22. The van der Waals surface area contributed by atoms with Crippen molar-refractivity contribution in [3.05, 3.63) is 18.5 Å². The van der Waals surface area contributed by atoms with Crippen LogP contribution < -0.4 is 10.1 Å². The van der Waals surface area contributed by atoms with Crippen LogP contribution >= 0.6 is 11.8 Å². The Balaban J connectivity index is 2.19. The Hall–Kier alpha value is -1.96. The van der Waals surface area contributed by atoms with Crippen LogP contribution in [0.4, 0.5) is 5.95 Å². The van der Waals surface area contributed by atoms with E-state index in [0.717, 1.165) is 6.42 Å². The van der Waals surface area contributed by atoms with E-state index >= 15 is 0 Å². The van der Waals surface area contributed by atoms with Gasteiger partial charge in [-0.1, -0.05) is 6.92 Å². The smallest absolute Gasteiger partial charge is 0.322 e. The van der Waals surface area contributed by atoms with E-state index in [1.165, 1.54) is 11.8 Å². The summed E-state index contributed by atoms with van der Waals surface area (Å²) in [6, 6.07) is 2.06. The second-order valence-electron chi connectivity index (χ2n) is 3.46. The van der Waals surface area contributed by atoms with Crippen molar-refractivity contribution < 1.29 is 4.74 Å². The molecule has 2 heterocycles. The molecular formula is C11H14N6OS. The summed E-state index contributed by atoms with van der Waals surface area (Å²) in [7, 11) is 1.74. The maximum absolute atomic E-state index is 5.42. The molecule has 0 spiro atoms. The molecule has 2 aromatic heterocycles. The van der Waals surface area contributed by atoms with Crippen LogP contribution in [0.25, 0.3) is 0 Å². The van der Waals surface area contributed by atoms with Crippen molar-refractivity contribution in [2.75, 3.05) is 19.0 Å². The first-order chi connectivity index (χ1) is 9.31. The molecule has 7 nitrogen and oxygen atoms in total. The summed E-state index contributed by atoms with van der Waals surface area (Å²) in [5.74, 6) is 0.458. The minimum absolute atomic E-state index is 0.305. The van der Waals surface area contributed by atoms with Crippen molar-refractivity contribution >= 4 is 17.7 Å². The van der Waals surface area contributed by atoms with E-state index in [1.54, 1.807) is 25.5 Å². The Bertz CT molecular complexity index is 524. The van der Waals surface area contributed by atoms with Crippen molar-refractivity contribution in [2.24, 2.45) is 0 Å². The lowest BCUT2D eigenvalue weighted by atomic mass is 10.5. The fourth-order valence-electron chi connectivity index (χ4n) is 1.17. The van der Waals surface area contributed by atoms with Crippen molar-refractivity contribution in [3.63, 3.8) is 0 Å². The molecule has 0 aromatic carbocycles. The van der Waals surface area contributed by atoms with Gasteiger partial charge in [0.25, 0.3) is 0 Å². The predicted octanol–water partition coefficient (Wildman–Crippen LogP) is 1.64. The molecule has 0 radical (unpaired) electrons. The third kappa shape index (κ3) is 4.02. The molecule has 0 aliphatic heterocycles. The van der Waals surface area contributed by atoms with Crippen LogP contribution in [0.15, 0.2) is 28.8 Å². The van der Waals surface area contributed by atoms with Crippen molar-refractivity contribution in [3.8, 4) is 6.01 Å². The third-order valence-electron chi connectivity index (χ3n) is 1.98. The van der Waals surface area contributed by atoms with Crippen molar-refractivity contribution in [2.45, 2.75) is 23.7 Å². The summed E-state index contributed by atoms with van der Waals surface area (Å²) in [4.78, 5) is 20.8. The van der Waals surface area contributed by atoms with E-state index < -0.39 is 0 Å². The SMILES string of the molecule is CCCOc1nc(NC)nc(Sc2ncccn2)n1. The van der Waals surface area contributed by atoms with Crippen LogP contribution in [0.5, 0.6) is 6.01 Å². The highest BCUT2D eigenvalue weighted by atomic mass is 32.2. The topological polar surface area (TPSA) is 85.7 Å². The van der Waals surface area contributed by atoms with Gasteiger partial charge in [0, 0.05) is 19.4 Å². The molecule has 0 atom stereocenters. The van der Waals surface area contributed by atoms with E-state index in [-0.39, 0.29) is 0 Å². The van der Waals surface area contributed by atoms with E-state index in [2.05, 4.69) is 30.2 Å². The van der Waals surface area contributed by atoms with E-state index in [0.29, 0.717) is 28.9 Å². The molecule has 0 aliphatic rings. The average Bonchev–Trinajstić information content (AvgIpc) is 2.46. The molecule has 19 heavy (non-hydrogen) atoms. The van der Waals surface area contributed by atoms with E-state index in [9.17, 15) is 0 Å². The standard InChI is InChI=1S/C11H14N6OS/c1-3-7-18-9-15-8(12-2)16-11(17-9)19-10-13-5-4-6-14-10/h4-6H,3,7H2,1-2H3,(H,12,15,16,17). The van der Waals surface area contributed by atoms with Gasteiger partial charge in [0.05, 0.1) is 6.61 Å². The maximum Gasteiger partial charge on any atom is 0.322 e. The number of rotatable bonds is 6. The Labute approximate surface area is 115 Å². The number of nitrogens with zero attached hydrogens (tertiary/aromatic N) is 5. The van der Waals surface area contributed by atoms with Gasteiger partial charge in [0.2, 0.25) is 11.1 Å². The number of aromatic nitrogens is 5. The molecule has 0 aliphatic carbocycles. The normalized spacial score (nSPS) is 10.2. The molecule has 0 unspecified atom stereocenters. The molecule has 2 aromatic rings. The summed E-state index contributed by atoms with van der Waals surface area (Å²) in [5, 5.41) is 3.95. The Morgan fingerprint density at radius 3 is 2.63 bits per heavy atom. The van der Waals surface area contributed by atoms with Gasteiger partial charge in [-0.25, -0.2) is 9.97 Å². The van der Waals surface area contributed by atoms with E-state index in [1.807, 2.05) is 6.92 Å². The molecule has 100 valence electrons. The van der Waals surface area contributed by atoms with Crippen molar-refractivity contribution in [1.82, 2.24) is 24.9 Å². The van der Waals surface area contributed by atoms with Gasteiger partial charge < -0.3 is 10.1 Å². The van der Waals surface area contributed by atoms with Crippen LogP contribution in [0.2, 0.25) is 0 Å². The predicted molar refractivity (Wildman–Crippen MR) is 71.3 cm³/mol. The van der Waals surface area contributed by atoms with E-state index in [4.69, 9.17) is 4.74 Å². The zero-order chi connectivity index (χ0) is 13.5. The van der Waals surface area contributed by atoms with Gasteiger partial charge in [-0.3, -0.25) is 0 Å². The summed E-state index contributed by atoms with van der Waals surface area (Å²) in [5.41, 5.74) is 0. The van der Waals surface area contributed by atoms with Gasteiger partial charge in [0.15, 0.2) is 5.16 Å². The molecule has 2 rings (SSSR count). The van der Waals surface area contributed by atoms with Gasteiger partial charge in [-0.2, -0.15) is 15.0 Å². The quantitative estimate of drug-likeness (QED) is 0.798. The van der Waals surface area contributed by atoms with Crippen LogP contribution in [-0.4, -0.2) is 38.6 Å². The second kappa shape index (κ2) is 6.83. The number of hydrogen-bond acceptors (Lipinski definition) is 8. The molecular weight excluding hydrogens is 264 g/mol. The Morgan fingerprint density at radius 1 is 1.16 bits per heavy atom. The fraction of sp³-hybridized carbons (Fsp3) is 0.364. The highest BCUT2D eigenvalue weighted by Gasteiger charge is 2.09. The molecule has 0 saturated carbocycles. The molecule has 0 fully saturated rings. The lowest BCUT2D eigenvalue weighted by Gasteiger charge is -2.06. The largest absolute Gasteiger partial charge is 0.463 e. The fourth-order valence-corrected chi connectivity index (χ4v) is 1.82. The summed E-state index contributed by atoms with van der Waals surface area (Å²) in [6.45, 7) is 2.59. The number of nitrogens with one attached hydrogen (secondary N) is 1. The minimum atomic E-state index is 0.305. The van der Waals surface area contributed by atoms with Crippen LogP contribution in [0.1, 0.15) is 13.3 Å². The highest BCUT2D eigenvalue weighted by molar-refractivity contribution is 7.99. The van der Waals surface area contributed by atoms with Crippen LogP contribution in [0.3, 0.4) is 0 Å². The van der Waals surface area contributed by atoms with Gasteiger partial charge in [-0.15, -0.1) is 0 Å². The maximum atomic E-state index is 5.42. The monoisotopic (exact) mass is 278 g/mol. The second-order valence-corrected chi connectivity index (χ2v) is 4.39. The minimum Gasteiger partial charge on any atom is -0.463 e. The van der Waals surface area contributed by atoms with Gasteiger partial charge in [0.1, 0.15) is 0 Å². The van der Waals surface area contributed by atoms with Crippen LogP contribution in [0, 0.1) is 0 Å². The Kier molecular flexibility index (Phi) is 4.85. The van der Waals surface area contributed by atoms with Gasteiger partial charge in [-0.05, 0) is 24.2 Å². The molecule has 0 bridgehead atoms. The zero-order valence-corrected chi connectivity index (χ0v) is 11.5. The molecule has 1 N–H and O–H groups in total. The first-order valence-corrected chi connectivity index (χ1v) is 6.65. The molecule has 8 heteroatoms. The van der Waals surface area contributed by atoms with Crippen LogP contribution in [-0.2, 0) is 0 Å². The van der Waals surface area contributed by atoms with Gasteiger partial charge >= 0.3 is 6.01 Å². The molecule has 0 saturated heterocycles. The first kappa shape index (κ1) is 13.5. The lowest BCUT2D eigenvalue weighted by molar-refractivity contribution is 0.288. The van der Waals surface area contributed by atoms with Crippen molar-refractivity contribution in [1.29, 1.82) is 0 Å². The Morgan fingerprint density at radius 2 is 1.95 bits per heavy atom. The number of ether oxygens (including phenoxy) is 1. The molecule has 0 amide bonds.